The van der Waals surface area contributed by atoms with Gasteiger partial charge >= 0.3 is 0 Å². The summed E-state index contributed by atoms with van der Waals surface area (Å²) in [5.74, 6) is -0.366. The number of hydrogen-bond donors (Lipinski definition) is 3. The number of hydrogen-bond acceptors (Lipinski definition) is 4. The molecule has 1 unspecified atom stereocenters. The van der Waals surface area contributed by atoms with Gasteiger partial charge in [-0.2, -0.15) is 0 Å². The third kappa shape index (κ3) is 3.23. The van der Waals surface area contributed by atoms with Gasteiger partial charge in [0, 0.05) is 11.6 Å². The van der Waals surface area contributed by atoms with E-state index in [-0.39, 0.29) is 24.4 Å². The van der Waals surface area contributed by atoms with Gasteiger partial charge in [-0.05, 0) is 43.7 Å². The van der Waals surface area contributed by atoms with Gasteiger partial charge in [0.25, 0.3) is 0 Å². The van der Waals surface area contributed by atoms with Crippen LogP contribution in [0.15, 0.2) is 36.5 Å². The molecule has 0 bridgehead atoms. The van der Waals surface area contributed by atoms with Crippen molar-refractivity contribution < 1.29 is 9.59 Å². The van der Waals surface area contributed by atoms with E-state index in [1.165, 1.54) is 0 Å². The van der Waals surface area contributed by atoms with Crippen LogP contribution >= 0.6 is 0 Å². The molecule has 6 heteroatoms. The summed E-state index contributed by atoms with van der Waals surface area (Å²) in [5.41, 5.74) is 1.52. The highest BCUT2D eigenvalue weighted by Gasteiger charge is 2.22. The van der Waals surface area contributed by atoms with E-state index in [0.29, 0.717) is 5.69 Å². The van der Waals surface area contributed by atoms with Crippen LogP contribution < -0.4 is 16.0 Å². The first-order valence-electron chi connectivity index (χ1n) is 7.39. The summed E-state index contributed by atoms with van der Waals surface area (Å²) >= 11 is 0. The summed E-state index contributed by atoms with van der Waals surface area (Å²) in [6, 6.07) is 9.10. The van der Waals surface area contributed by atoms with Crippen LogP contribution in [0.25, 0.3) is 10.9 Å². The lowest BCUT2D eigenvalue weighted by atomic mass is 10.2. The molecule has 0 saturated carbocycles. The zero-order valence-electron chi connectivity index (χ0n) is 12.1. The van der Waals surface area contributed by atoms with E-state index in [0.717, 1.165) is 30.3 Å². The van der Waals surface area contributed by atoms with Gasteiger partial charge in [0.15, 0.2) is 0 Å². The second-order valence-corrected chi connectivity index (χ2v) is 5.29. The van der Waals surface area contributed by atoms with E-state index >= 15 is 0 Å². The average Bonchev–Trinajstić information content (AvgIpc) is 3.07. The van der Waals surface area contributed by atoms with Crippen LogP contribution in [0.2, 0.25) is 0 Å². The molecule has 1 saturated heterocycles. The third-order valence-corrected chi connectivity index (χ3v) is 3.72. The first-order valence-corrected chi connectivity index (χ1v) is 7.39. The Kier molecular flexibility index (Phi) is 4.29. The number of carbonyl (C=O) groups excluding carboxylic acids is 2. The molecule has 2 amide bonds. The molecule has 1 aliphatic heterocycles. The fourth-order valence-corrected chi connectivity index (χ4v) is 2.61. The molecule has 1 atom stereocenters. The second-order valence-electron chi connectivity index (χ2n) is 5.29. The molecule has 22 heavy (non-hydrogen) atoms. The fourth-order valence-electron chi connectivity index (χ4n) is 2.61. The van der Waals surface area contributed by atoms with E-state index in [1.807, 2.05) is 30.3 Å². The van der Waals surface area contributed by atoms with Gasteiger partial charge in [-0.25, -0.2) is 0 Å². The summed E-state index contributed by atoms with van der Waals surface area (Å²) in [7, 11) is 0. The molecule has 1 fully saturated rings. The Morgan fingerprint density at radius 3 is 3.00 bits per heavy atom. The van der Waals surface area contributed by atoms with Crippen molar-refractivity contribution in [3.8, 4) is 0 Å². The SMILES string of the molecule is O=C(CNC(=O)C1CCCN1)Nc1cccc2ncccc12. The zero-order valence-corrected chi connectivity index (χ0v) is 12.1. The molecule has 3 N–H and O–H groups in total. The minimum atomic E-state index is -0.248. The van der Waals surface area contributed by atoms with Crippen molar-refractivity contribution in [1.29, 1.82) is 0 Å². The maximum Gasteiger partial charge on any atom is 0.243 e. The van der Waals surface area contributed by atoms with Crippen molar-refractivity contribution in [2.24, 2.45) is 0 Å². The van der Waals surface area contributed by atoms with Crippen LogP contribution in [0.4, 0.5) is 5.69 Å². The van der Waals surface area contributed by atoms with Crippen LogP contribution in [0.5, 0.6) is 0 Å². The van der Waals surface area contributed by atoms with Crippen LogP contribution in [0.1, 0.15) is 12.8 Å². The topological polar surface area (TPSA) is 83.1 Å². The minimum absolute atomic E-state index is 0.0341. The Balaban J connectivity index is 1.60. The predicted molar refractivity (Wildman–Crippen MR) is 84.4 cm³/mol. The quantitative estimate of drug-likeness (QED) is 0.787. The Labute approximate surface area is 128 Å². The molecule has 114 valence electrons. The summed E-state index contributed by atoms with van der Waals surface area (Å²) in [6.45, 7) is 0.820. The molecule has 0 spiro atoms. The molecule has 1 aromatic heterocycles. The molecule has 1 aromatic carbocycles. The number of fused-ring (bicyclic) bond motifs is 1. The average molecular weight is 298 g/mol. The monoisotopic (exact) mass is 298 g/mol. The predicted octanol–water partition coefficient (Wildman–Crippen LogP) is 1.04. The molecule has 2 heterocycles. The van der Waals surface area contributed by atoms with E-state index in [2.05, 4.69) is 20.9 Å². The highest BCUT2D eigenvalue weighted by Crippen LogP contribution is 2.20. The van der Waals surface area contributed by atoms with Crippen LogP contribution in [0, 0.1) is 0 Å². The highest BCUT2D eigenvalue weighted by molar-refractivity contribution is 6.02. The van der Waals surface area contributed by atoms with Crippen LogP contribution in [0.3, 0.4) is 0 Å². The van der Waals surface area contributed by atoms with Gasteiger partial charge in [-0.3, -0.25) is 14.6 Å². The van der Waals surface area contributed by atoms with Gasteiger partial charge in [0.2, 0.25) is 11.8 Å². The molecular formula is C16H18N4O2. The van der Waals surface area contributed by atoms with Crippen molar-refractivity contribution in [1.82, 2.24) is 15.6 Å². The number of pyridine rings is 1. The van der Waals surface area contributed by atoms with Crippen molar-refractivity contribution in [2.75, 3.05) is 18.4 Å². The molecule has 0 radical (unpaired) electrons. The lowest BCUT2D eigenvalue weighted by molar-refractivity contribution is -0.125. The molecular weight excluding hydrogens is 280 g/mol. The summed E-state index contributed by atoms with van der Waals surface area (Å²) < 4.78 is 0. The first kappa shape index (κ1) is 14.5. The van der Waals surface area contributed by atoms with Crippen molar-refractivity contribution in [3.63, 3.8) is 0 Å². The lowest BCUT2D eigenvalue weighted by Gasteiger charge is -2.12. The first-order chi connectivity index (χ1) is 10.7. The van der Waals surface area contributed by atoms with E-state index in [4.69, 9.17) is 0 Å². The molecule has 3 rings (SSSR count). The van der Waals surface area contributed by atoms with Crippen LogP contribution in [-0.4, -0.2) is 35.9 Å². The summed E-state index contributed by atoms with van der Waals surface area (Å²) in [4.78, 5) is 28.1. The fraction of sp³-hybridized carbons (Fsp3) is 0.312. The summed E-state index contributed by atoms with van der Waals surface area (Å²) in [5, 5.41) is 9.46. The van der Waals surface area contributed by atoms with Gasteiger partial charge < -0.3 is 16.0 Å². The number of amides is 2. The van der Waals surface area contributed by atoms with E-state index < -0.39 is 0 Å². The molecule has 2 aromatic rings. The number of aromatic nitrogens is 1. The van der Waals surface area contributed by atoms with E-state index in [1.54, 1.807) is 6.20 Å². The number of benzene rings is 1. The number of nitrogens with zero attached hydrogens (tertiary/aromatic N) is 1. The lowest BCUT2D eigenvalue weighted by Crippen LogP contribution is -2.43. The molecule has 1 aliphatic rings. The molecule has 0 aliphatic carbocycles. The zero-order chi connectivity index (χ0) is 15.4. The second kappa shape index (κ2) is 6.53. The number of nitrogens with one attached hydrogen (secondary N) is 3. The number of carbonyl (C=O) groups is 2. The Hall–Kier alpha value is -2.47. The third-order valence-electron chi connectivity index (χ3n) is 3.72. The van der Waals surface area contributed by atoms with Gasteiger partial charge in [0.1, 0.15) is 0 Å². The number of rotatable bonds is 4. The van der Waals surface area contributed by atoms with Crippen molar-refractivity contribution in [3.05, 3.63) is 36.5 Å². The maximum atomic E-state index is 12.0. The maximum absolute atomic E-state index is 12.0. The Morgan fingerprint density at radius 2 is 2.18 bits per heavy atom. The van der Waals surface area contributed by atoms with Crippen LogP contribution in [-0.2, 0) is 9.59 Å². The smallest absolute Gasteiger partial charge is 0.243 e. The Morgan fingerprint density at radius 1 is 1.27 bits per heavy atom. The normalized spacial score (nSPS) is 17.4. The number of anilines is 1. The minimum Gasteiger partial charge on any atom is -0.346 e. The van der Waals surface area contributed by atoms with Gasteiger partial charge in [0.05, 0.1) is 23.8 Å². The van der Waals surface area contributed by atoms with Gasteiger partial charge in [-0.1, -0.05) is 6.07 Å². The summed E-state index contributed by atoms with van der Waals surface area (Å²) in [6.07, 6.45) is 3.53. The van der Waals surface area contributed by atoms with Crippen molar-refractivity contribution >= 4 is 28.4 Å². The largest absolute Gasteiger partial charge is 0.346 e. The van der Waals surface area contributed by atoms with E-state index in [9.17, 15) is 9.59 Å². The van der Waals surface area contributed by atoms with Crippen molar-refractivity contribution in [2.45, 2.75) is 18.9 Å². The van der Waals surface area contributed by atoms with Gasteiger partial charge in [-0.15, -0.1) is 0 Å². The standard InChI is InChI=1S/C16H18N4O2/c21-15(10-19-16(22)14-7-3-9-18-14)20-13-6-1-5-12-11(13)4-2-8-17-12/h1-2,4-6,8,14,18H,3,7,9-10H2,(H,19,22)(H,20,21). The Bertz CT molecular complexity index is 690. The highest BCUT2D eigenvalue weighted by atomic mass is 16.2. The molecule has 6 nitrogen and oxygen atoms in total.